The summed E-state index contributed by atoms with van der Waals surface area (Å²) in [7, 11) is 0. The Bertz CT molecular complexity index is 1050. The molecule has 3 aromatic rings. The van der Waals surface area contributed by atoms with Gasteiger partial charge < -0.3 is 9.84 Å². The number of nitrogens with one attached hydrogen (secondary N) is 1. The van der Waals surface area contributed by atoms with Crippen LogP contribution >= 0.6 is 34.8 Å². The van der Waals surface area contributed by atoms with Gasteiger partial charge in [0.2, 0.25) is 0 Å². The van der Waals surface area contributed by atoms with E-state index >= 15 is 0 Å². The monoisotopic (exact) mass is 452 g/mol. The minimum Gasteiger partial charge on any atom is -0.479 e. The summed E-state index contributed by atoms with van der Waals surface area (Å²) in [6, 6.07) is 12.3. The van der Waals surface area contributed by atoms with Crippen LogP contribution < -0.4 is 0 Å². The summed E-state index contributed by atoms with van der Waals surface area (Å²) in [5, 5.41) is 18.5. The van der Waals surface area contributed by atoms with Gasteiger partial charge in [0.15, 0.2) is 5.60 Å². The average molecular weight is 454 g/mol. The number of H-pyrrole nitrogens is 1. The second kappa shape index (κ2) is 8.36. The average Bonchev–Trinajstić information content (AvgIpc) is 3.02. The van der Waals surface area contributed by atoms with E-state index in [4.69, 9.17) is 39.5 Å². The lowest BCUT2D eigenvalue weighted by atomic mass is 9.99. The molecule has 3 rings (SSSR count). The molecule has 5 nitrogen and oxygen atoms in total. The van der Waals surface area contributed by atoms with Crippen LogP contribution in [-0.4, -0.2) is 26.9 Å². The number of aromatic amines is 1. The second-order valence-corrected chi connectivity index (χ2v) is 8.38. The molecule has 0 saturated carbocycles. The highest BCUT2D eigenvalue weighted by Crippen LogP contribution is 2.38. The Morgan fingerprint density at radius 3 is 2.31 bits per heavy atom. The van der Waals surface area contributed by atoms with E-state index in [1.165, 1.54) is 13.8 Å². The number of aromatic nitrogens is 2. The largest absolute Gasteiger partial charge is 0.479 e. The molecule has 0 amide bonds. The number of carbonyl (C=O) groups is 1. The van der Waals surface area contributed by atoms with Crippen LogP contribution in [0.1, 0.15) is 36.8 Å². The molecule has 0 saturated heterocycles. The molecule has 0 aliphatic rings. The van der Waals surface area contributed by atoms with Gasteiger partial charge in [-0.2, -0.15) is 5.10 Å². The molecular weight excluding hydrogens is 435 g/mol. The summed E-state index contributed by atoms with van der Waals surface area (Å²) in [4.78, 5) is 11.7. The number of hydrogen-bond donors (Lipinski definition) is 2. The van der Waals surface area contributed by atoms with Crippen molar-refractivity contribution in [3.63, 3.8) is 0 Å². The van der Waals surface area contributed by atoms with Gasteiger partial charge in [-0.25, -0.2) is 4.79 Å². The maximum atomic E-state index is 11.7. The van der Waals surface area contributed by atoms with Gasteiger partial charge in [0.1, 0.15) is 6.10 Å². The van der Waals surface area contributed by atoms with Crippen molar-refractivity contribution in [1.82, 2.24) is 10.2 Å². The van der Waals surface area contributed by atoms with Crippen molar-refractivity contribution in [2.24, 2.45) is 0 Å². The van der Waals surface area contributed by atoms with Gasteiger partial charge >= 0.3 is 5.97 Å². The van der Waals surface area contributed by atoms with Crippen molar-refractivity contribution < 1.29 is 14.6 Å². The standard InChI is InChI=1S/C21H19Cl3N2O3/c1-11-17(12-4-6-13(22)7-5-12)25-26-18(11)19(29-21(2,3)20(27)28)15-9-8-14(23)10-16(15)24/h4-10,19H,1-3H3,(H,25,26)(H,27,28). The summed E-state index contributed by atoms with van der Waals surface area (Å²) in [6.07, 6.45) is -0.817. The minimum atomic E-state index is -1.47. The van der Waals surface area contributed by atoms with Gasteiger partial charge in [-0.05, 0) is 50.6 Å². The van der Waals surface area contributed by atoms with Crippen LogP contribution in [0.4, 0.5) is 0 Å². The number of carboxylic acids is 1. The lowest BCUT2D eigenvalue weighted by Gasteiger charge is -2.28. The van der Waals surface area contributed by atoms with Gasteiger partial charge in [0.25, 0.3) is 0 Å². The highest BCUT2D eigenvalue weighted by atomic mass is 35.5. The first kappa shape index (κ1) is 21.7. The van der Waals surface area contributed by atoms with Crippen LogP contribution in [0.25, 0.3) is 11.3 Å². The lowest BCUT2D eigenvalue weighted by Crippen LogP contribution is -2.36. The first-order chi connectivity index (χ1) is 13.6. The molecule has 1 aromatic heterocycles. The summed E-state index contributed by atoms with van der Waals surface area (Å²) < 4.78 is 6.01. The number of ether oxygens (including phenoxy) is 1. The summed E-state index contributed by atoms with van der Waals surface area (Å²) in [5.41, 5.74) is 2.12. The Labute approximate surface area is 183 Å². The molecule has 29 heavy (non-hydrogen) atoms. The van der Waals surface area contributed by atoms with Gasteiger partial charge in [-0.15, -0.1) is 0 Å². The van der Waals surface area contributed by atoms with E-state index in [0.717, 1.165) is 16.8 Å². The van der Waals surface area contributed by atoms with Crippen molar-refractivity contribution >= 4 is 40.8 Å². The molecule has 0 spiro atoms. The van der Waals surface area contributed by atoms with Crippen LogP contribution in [0.3, 0.4) is 0 Å². The molecule has 2 aromatic carbocycles. The fourth-order valence-corrected chi connectivity index (χ4v) is 3.52. The quantitative estimate of drug-likeness (QED) is 0.458. The Kier molecular flexibility index (Phi) is 6.24. The first-order valence-electron chi connectivity index (χ1n) is 8.77. The second-order valence-electron chi connectivity index (χ2n) is 7.09. The summed E-state index contributed by atoms with van der Waals surface area (Å²) in [5.74, 6) is -1.10. The summed E-state index contributed by atoms with van der Waals surface area (Å²) >= 11 is 18.4. The molecule has 0 aliphatic carbocycles. The fraction of sp³-hybridized carbons (Fsp3) is 0.238. The van der Waals surface area contributed by atoms with Gasteiger partial charge in [-0.1, -0.05) is 53.0 Å². The fourth-order valence-electron chi connectivity index (χ4n) is 2.89. The zero-order valence-electron chi connectivity index (χ0n) is 16.0. The van der Waals surface area contributed by atoms with E-state index in [1.807, 2.05) is 19.1 Å². The van der Waals surface area contributed by atoms with Crippen LogP contribution in [0.15, 0.2) is 42.5 Å². The summed E-state index contributed by atoms with van der Waals surface area (Å²) in [6.45, 7) is 4.85. The van der Waals surface area contributed by atoms with Crippen LogP contribution in [0.2, 0.25) is 15.1 Å². The van der Waals surface area contributed by atoms with Crippen molar-refractivity contribution in [3.05, 3.63) is 74.4 Å². The number of benzene rings is 2. The van der Waals surface area contributed by atoms with E-state index in [9.17, 15) is 9.90 Å². The Balaban J connectivity index is 2.11. The lowest BCUT2D eigenvalue weighted by molar-refractivity contribution is -0.166. The zero-order chi connectivity index (χ0) is 21.3. The first-order valence-corrected chi connectivity index (χ1v) is 9.90. The SMILES string of the molecule is Cc1c(C(OC(C)(C)C(=O)O)c2ccc(Cl)cc2Cl)n[nH]c1-c1ccc(Cl)cc1. The molecule has 0 bridgehead atoms. The van der Waals surface area contributed by atoms with Crippen molar-refractivity contribution in [1.29, 1.82) is 0 Å². The topological polar surface area (TPSA) is 75.2 Å². The number of aliphatic carboxylic acids is 1. The van der Waals surface area contributed by atoms with Crippen LogP contribution in [0, 0.1) is 6.92 Å². The molecule has 0 radical (unpaired) electrons. The third kappa shape index (κ3) is 4.59. The van der Waals surface area contributed by atoms with Crippen molar-refractivity contribution in [3.8, 4) is 11.3 Å². The highest BCUT2D eigenvalue weighted by Gasteiger charge is 2.35. The number of rotatable bonds is 6. The third-order valence-electron chi connectivity index (χ3n) is 4.60. The maximum Gasteiger partial charge on any atom is 0.335 e. The van der Waals surface area contributed by atoms with Gasteiger partial charge in [0.05, 0.1) is 11.4 Å². The smallest absolute Gasteiger partial charge is 0.335 e. The molecule has 0 fully saturated rings. The number of halogens is 3. The molecule has 0 aliphatic heterocycles. The minimum absolute atomic E-state index is 0.360. The Morgan fingerprint density at radius 1 is 1.10 bits per heavy atom. The number of carboxylic acid groups (broad SMARTS) is 1. The number of nitrogens with zero attached hydrogens (tertiary/aromatic N) is 1. The van der Waals surface area contributed by atoms with Gasteiger partial charge in [0, 0.05) is 26.2 Å². The molecule has 2 N–H and O–H groups in total. The highest BCUT2D eigenvalue weighted by molar-refractivity contribution is 6.35. The Hall–Kier alpha value is -2.05. The third-order valence-corrected chi connectivity index (χ3v) is 5.42. The number of hydrogen-bond acceptors (Lipinski definition) is 3. The van der Waals surface area contributed by atoms with E-state index in [2.05, 4.69) is 10.2 Å². The van der Waals surface area contributed by atoms with Crippen molar-refractivity contribution in [2.45, 2.75) is 32.5 Å². The zero-order valence-corrected chi connectivity index (χ0v) is 18.2. The molecule has 152 valence electrons. The Morgan fingerprint density at radius 2 is 1.72 bits per heavy atom. The molecule has 8 heteroatoms. The van der Waals surface area contributed by atoms with Crippen LogP contribution in [-0.2, 0) is 9.53 Å². The van der Waals surface area contributed by atoms with Gasteiger partial charge in [-0.3, -0.25) is 5.10 Å². The predicted molar refractivity (Wildman–Crippen MR) is 115 cm³/mol. The van der Waals surface area contributed by atoms with E-state index < -0.39 is 17.7 Å². The molecule has 1 unspecified atom stereocenters. The molecule has 1 heterocycles. The van der Waals surface area contributed by atoms with Crippen LogP contribution in [0.5, 0.6) is 0 Å². The van der Waals surface area contributed by atoms with E-state index in [1.54, 1.807) is 30.3 Å². The molecule has 1 atom stereocenters. The maximum absolute atomic E-state index is 11.7. The van der Waals surface area contributed by atoms with E-state index in [0.29, 0.717) is 26.3 Å². The van der Waals surface area contributed by atoms with Crippen molar-refractivity contribution in [2.75, 3.05) is 0 Å². The van der Waals surface area contributed by atoms with E-state index in [-0.39, 0.29) is 0 Å². The predicted octanol–water partition coefficient (Wildman–Crippen LogP) is 6.31. The molecular formula is C21H19Cl3N2O3. The normalized spacial score (nSPS) is 12.8.